The van der Waals surface area contributed by atoms with Crippen molar-refractivity contribution in [3.8, 4) is 11.3 Å². The second-order valence-corrected chi connectivity index (χ2v) is 7.88. The molecule has 1 aliphatic heterocycles. The first-order valence-electron chi connectivity index (χ1n) is 9.89. The van der Waals surface area contributed by atoms with Crippen LogP contribution in [0.5, 0.6) is 0 Å². The van der Waals surface area contributed by atoms with Crippen molar-refractivity contribution in [1.29, 1.82) is 0 Å². The number of rotatable bonds is 4. The van der Waals surface area contributed by atoms with Gasteiger partial charge in [0.05, 0.1) is 11.6 Å². The summed E-state index contributed by atoms with van der Waals surface area (Å²) in [6, 6.07) is 12.1. The quantitative estimate of drug-likeness (QED) is 0.739. The van der Waals surface area contributed by atoms with E-state index in [0.717, 1.165) is 53.4 Å². The number of carbonyl (C=O) groups is 1. The first kappa shape index (κ1) is 18.5. The van der Waals surface area contributed by atoms with Crippen molar-refractivity contribution in [1.82, 2.24) is 14.6 Å². The molecule has 0 radical (unpaired) electrons. The summed E-state index contributed by atoms with van der Waals surface area (Å²) < 4.78 is 1.91. The minimum absolute atomic E-state index is 0.265. The molecule has 1 N–H and O–H groups in total. The molecule has 1 aromatic carbocycles. The molecule has 6 nitrogen and oxygen atoms in total. The maximum atomic E-state index is 11.6. The normalized spacial score (nSPS) is 17.4. The van der Waals surface area contributed by atoms with Gasteiger partial charge in [-0.25, -0.2) is 4.98 Å². The Morgan fingerprint density at radius 3 is 2.68 bits per heavy atom. The highest BCUT2D eigenvalue weighted by molar-refractivity contribution is 5.72. The Labute approximate surface area is 164 Å². The standard InChI is InChI=1S/C22H26N4O2/c1-14(2)20-15(3)23-19-12-18(16-8-5-4-6-9-16)24-26(19)21(20)25-11-7-10-17(13-25)22(27)28/h4-6,8-9,12,14,17H,7,10-11,13H2,1-3H3,(H,27,28). The number of benzene rings is 1. The van der Waals surface area contributed by atoms with Crippen LogP contribution in [0.1, 0.15) is 43.9 Å². The van der Waals surface area contributed by atoms with Crippen molar-refractivity contribution in [2.45, 2.75) is 39.5 Å². The number of piperidine rings is 1. The molecule has 0 saturated carbocycles. The van der Waals surface area contributed by atoms with E-state index in [1.807, 2.05) is 47.8 Å². The van der Waals surface area contributed by atoms with E-state index in [9.17, 15) is 9.90 Å². The number of aryl methyl sites for hydroxylation is 1. The van der Waals surface area contributed by atoms with Gasteiger partial charge in [0.1, 0.15) is 5.82 Å². The molecule has 0 spiro atoms. The van der Waals surface area contributed by atoms with Crippen LogP contribution < -0.4 is 4.90 Å². The zero-order valence-electron chi connectivity index (χ0n) is 16.6. The average molecular weight is 378 g/mol. The van der Waals surface area contributed by atoms with Crippen LogP contribution in [0.3, 0.4) is 0 Å². The van der Waals surface area contributed by atoms with Crippen LogP contribution in [-0.2, 0) is 4.79 Å². The monoisotopic (exact) mass is 378 g/mol. The molecule has 4 rings (SSSR count). The van der Waals surface area contributed by atoms with Gasteiger partial charge >= 0.3 is 5.97 Å². The molecule has 146 valence electrons. The van der Waals surface area contributed by atoms with E-state index in [4.69, 9.17) is 10.1 Å². The van der Waals surface area contributed by atoms with Gasteiger partial charge in [0.25, 0.3) is 0 Å². The smallest absolute Gasteiger partial charge is 0.308 e. The van der Waals surface area contributed by atoms with E-state index in [-0.39, 0.29) is 11.8 Å². The van der Waals surface area contributed by atoms with Crippen molar-refractivity contribution in [2.24, 2.45) is 5.92 Å². The highest BCUT2D eigenvalue weighted by Gasteiger charge is 2.30. The molecule has 1 saturated heterocycles. The number of aromatic nitrogens is 3. The van der Waals surface area contributed by atoms with Crippen molar-refractivity contribution < 1.29 is 9.90 Å². The lowest BCUT2D eigenvalue weighted by molar-refractivity contribution is -0.141. The predicted molar refractivity (Wildman–Crippen MR) is 110 cm³/mol. The molecule has 3 heterocycles. The lowest BCUT2D eigenvalue weighted by atomic mass is 9.96. The van der Waals surface area contributed by atoms with E-state index in [2.05, 4.69) is 18.7 Å². The molecule has 1 aliphatic rings. The number of anilines is 1. The number of carboxylic acids is 1. The van der Waals surface area contributed by atoms with Crippen LogP contribution in [-0.4, -0.2) is 38.8 Å². The fourth-order valence-corrected chi connectivity index (χ4v) is 4.22. The Balaban J connectivity index is 1.90. The topological polar surface area (TPSA) is 70.7 Å². The summed E-state index contributed by atoms with van der Waals surface area (Å²) in [4.78, 5) is 18.6. The summed E-state index contributed by atoms with van der Waals surface area (Å²) in [6.45, 7) is 7.68. The van der Waals surface area contributed by atoms with E-state index in [1.165, 1.54) is 0 Å². The third-order valence-corrected chi connectivity index (χ3v) is 5.52. The third-order valence-electron chi connectivity index (χ3n) is 5.52. The van der Waals surface area contributed by atoms with E-state index in [1.54, 1.807) is 0 Å². The van der Waals surface area contributed by atoms with E-state index in [0.29, 0.717) is 6.54 Å². The van der Waals surface area contributed by atoms with Gasteiger partial charge in [0, 0.05) is 36.0 Å². The number of fused-ring (bicyclic) bond motifs is 1. The van der Waals surface area contributed by atoms with E-state index < -0.39 is 5.97 Å². The summed E-state index contributed by atoms with van der Waals surface area (Å²) in [5.74, 6) is 0.191. The Morgan fingerprint density at radius 2 is 2.00 bits per heavy atom. The van der Waals surface area contributed by atoms with Crippen LogP contribution in [0.4, 0.5) is 5.82 Å². The Hall–Kier alpha value is -2.89. The van der Waals surface area contributed by atoms with Crippen molar-refractivity contribution in [3.63, 3.8) is 0 Å². The van der Waals surface area contributed by atoms with Crippen molar-refractivity contribution >= 4 is 17.4 Å². The lowest BCUT2D eigenvalue weighted by Gasteiger charge is -2.34. The third kappa shape index (κ3) is 3.23. The van der Waals surface area contributed by atoms with Gasteiger partial charge in [-0.1, -0.05) is 44.2 Å². The molecule has 6 heteroatoms. The van der Waals surface area contributed by atoms with Gasteiger partial charge in [0.15, 0.2) is 5.65 Å². The zero-order valence-corrected chi connectivity index (χ0v) is 16.6. The number of hydrogen-bond donors (Lipinski definition) is 1. The lowest BCUT2D eigenvalue weighted by Crippen LogP contribution is -2.40. The fraction of sp³-hybridized carbons (Fsp3) is 0.409. The molecule has 2 aromatic heterocycles. The van der Waals surface area contributed by atoms with Gasteiger partial charge in [-0.05, 0) is 25.7 Å². The fourth-order valence-electron chi connectivity index (χ4n) is 4.22. The molecule has 1 atom stereocenters. The van der Waals surface area contributed by atoms with Crippen molar-refractivity contribution in [2.75, 3.05) is 18.0 Å². The predicted octanol–water partition coefficient (Wildman–Crippen LogP) is 4.13. The van der Waals surface area contributed by atoms with Gasteiger partial charge in [-0.3, -0.25) is 4.79 Å². The Morgan fingerprint density at radius 1 is 1.25 bits per heavy atom. The number of hydrogen-bond acceptors (Lipinski definition) is 4. The van der Waals surface area contributed by atoms with Crippen LogP contribution in [0.25, 0.3) is 16.9 Å². The molecule has 0 amide bonds. The SMILES string of the molecule is Cc1nc2cc(-c3ccccc3)nn2c(N2CCCC(C(=O)O)C2)c1C(C)C. The van der Waals surface area contributed by atoms with Crippen LogP contribution in [0.15, 0.2) is 36.4 Å². The maximum Gasteiger partial charge on any atom is 0.308 e. The Bertz CT molecular complexity index is 1010. The second-order valence-electron chi connectivity index (χ2n) is 7.88. The molecular formula is C22H26N4O2. The average Bonchev–Trinajstić information content (AvgIpc) is 3.11. The van der Waals surface area contributed by atoms with Gasteiger partial charge in [-0.2, -0.15) is 9.61 Å². The molecule has 3 aromatic rings. The first-order valence-corrected chi connectivity index (χ1v) is 9.89. The molecule has 1 unspecified atom stereocenters. The van der Waals surface area contributed by atoms with Gasteiger partial charge < -0.3 is 10.0 Å². The van der Waals surface area contributed by atoms with Crippen LogP contribution in [0, 0.1) is 12.8 Å². The summed E-state index contributed by atoms with van der Waals surface area (Å²) in [5.41, 5.74) is 4.84. The summed E-state index contributed by atoms with van der Waals surface area (Å²) in [6.07, 6.45) is 1.59. The number of nitrogens with zero attached hydrogens (tertiary/aromatic N) is 4. The second kappa shape index (κ2) is 7.26. The largest absolute Gasteiger partial charge is 0.481 e. The highest BCUT2D eigenvalue weighted by atomic mass is 16.4. The Kier molecular flexibility index (Phi) is 4.79. The number of aliphatic carboxylic acids is 1. The zero-order chi connectivity index (χ0) is 19.8. The van der Waals surface area contributed by atoms with Crippen LogP contribution in [0.2, 0.25) is 0 Å². The number of carboxylic acid groups (broad SMARTS) is 1. The summed E-state index contributed by atoms with van der Waals surface area (Å²) in [5, 5.41) is 14.4. The van der Waals surface area contributed by atoms with Gasteiger partial charge in [0.2, 0.25) is 0 Å². The molecule has 28 heavy (non-hydrogen) atoms. The minimum atomic E-state index is -0.719. The highest BCUT2D eigenvalue weighted by Crippen LogP contribution is 2.34. The van der Waals surface area contributed by atoms with Crippen molar-refractivity contribution in [3.05, 3.63) is 47.7 Å². The molecule has 0 aliphatic carbocycles. The first-order chi connectivity index (χ1) is 13.5. The molecule has 0 bridgehead atoms. The van der Waals surface area contributed by atoms with Crippen LogP contribution >= 0.6 is 0 Å². The summed E-state index contributed by atoms with van der Waals surface area (Å²) in [7, 11) is 0. The van der Waals surface area contributed by atoms with E-state index >= 15 is 0 Å². The minimum Gasteiger partial charge on any atom is -0.481 e. The van der Waals surface area contributed by atoms with Gasteiger partial charge in [-0.15, -0.1) is 0 Å². The molecule has 1 fully saturated rings. The maximum absolute atomic E-state index is 11.6. The molecular weight excluding hydrogens is 352 g/mol. The summed E-state index contributed by atoms with van der Waals surface area (Å²) >= 11 is 0.